The second-order valence-corrected chi connectivity index (χ2v) is 7.06. The predicted octanol–water partition coefficient (Wildman–Crippen LogP) is 2.25. The van der Waals surface area contributed by atoms with Gasteiger partial charge in [-0.2, -0.15) is 10.2 Å². The molecule has 0 bridgehead atoms. The van der Waals surface area contributed by atoms with Gasteiger partial charge < -0.3 is 10.2 Å². The van der Waals surface area contributed by atoms with E-state index in [9.17, 15) is 4.79 Å². The second kappa shape index (κ2) is 7.29. The summed E-state index contributed by atoms with van der Waals surface area (Å²) in [5, 5.41) is 15.0. The Bertz CT molecular complexity index is 707. The Kier molecular flexibility index (Phi) is 4.72. The lowest BCUT2D eigenvalue weighted by Gasteiger charge is -2.25. The number of hydrogen-bond acceptors (Lipinski definition) is 3. The Hall–Kier alpha value is -2.31. The number of H-pyrrole nitrogens is 1. The third-order valence-corrected chi connectivity index (χ3v) is 5.39. The van der Waals surface area contributed by atoms with Crippen LogP contribution in [-0.4, -0.2) is 43.5 Å². The largest absolute Gasteiger partial charge is 0.332 e. The van der Waals surface area contributed by atoms with Crippen molar-refractivity contribution in [3.63, 3.8) is 0 Å². The first-order chi connectivity index (χ1) is 12.3. The molecule has 1 fully saturated rings. The minimum absolute atomic E-state index is 0.0139. The standard InChI is InChI=1S/C18H26N6O/c25-18(24-11-4-6-14(24)13-23-10-5-9-20-23)19-12-17-15-7-2-1-3-8-16(15)21-22-17/h5,9-10,14H,1-4,6-8,11-13H2,(H,19,25)(H,21,22). The molecule has 2 amide bonds. The zero-order valence-electron chi connectivity index (χ0n) is 14.6. The molecule has 0 saturated carbocycles. The lowest BCUT2D eigenvalue weighted by Crippen LogP contribution is -2.44. The van der Waals surface area contributed by atoms with Gasteiger partial charge in [-0.15, -0.1) is 0 Å². The van der Waals surface area contributed by atoms with Gasteiger partial charge in [0.25, 0.3) is 0 Å². The van der Waals surface area contributed by atoms with E-state index in [4.69, 9.17) is 0 Å². The molecule has 1 atom stereocenters. The molecule has 0 aromatic carbocycles. The van der Waals surface area contributed by atoms with Crippen molar-refractivity contribution in [3.8, 4) is 0 Å². The molecule has 1 aliphatic carbocycles. The topological polar surface area (TPSA) is 78.8 Å². The van der Waals surface area contributed by atoms with Crippen molar-refractivity contribution in [2.75, 3.05) is 6.54 Å². The maximum atomic E-state index is 12.7. The first kappa shape index (κ1) is 16.2. The predicted molar refractivity (Wildman–Crippen MR) is 94.0 cm³/mol. The third-order valence-electron chi connectivity index (χ3n) is 5.39. The molecule has 4 rings (SSSR count). The molecule has 2 aliphatic rings. The van der Waals surface area contributed by atoms with E-state index >= 15 is 0 Å². The average molecular weight is 342 g/mol. The van der Waals surface area contributed by atoms with E-state index in [0.29, 0.717) is 6.54 Å². The van der Waals surface area contributed by atoms with Crippen molar-refractivity contribution >= 4 is 6.03 Å². The minimum Gasteiger partial charge on any atom is -0.332 e. The molecule has 1 unspecified atom stereocenters. The highest BCUT2D eigenvalue weighted by molar-refractivity contribution is 5.74. The van der Waals surface area contributed by atoms with Crippen LogP contribution in [0.3, 0.4) is 0 Å². The number of aromatic nitrogens is 4. The number of nitrogens with zero attached hydrogens (tertiary/aromatic N) is 4. The minimum atomic E-state index is 0.0139. The maximum Gasteiger partial charge on any atom is 0.318 e. The van der Waals surface area contributed by atoms with Gasteiger partial charge in [0, 0.05) is 24.6 Å². The number of carbonyl (C=O) groups excluding carboxylic acids is 1. The van der Waals surface area contributed by atoms with Crippen molar-refractivity contribution in [1.29, 1.82) is 0 Å². The van der Waals surface area contributed by atoms with Gasteiger partial charge in [-0.3, -0.25) is 9.78 Å². The van der Waals surface area contributed by atoms with E-state index in [1.165, 1.54) is 30.5 Å². The molecular weight excluding hydrogens is 316 g/mol. The fraction of sp³-hybridized carbons (Fsp3) is 0.611. The number of aromatic amines is 1. The van der Waals surface area contributed by atoms with Crippen molar-refractivity contribution in [3.05, 3.63) is 35.4 Å². The monoisotopic (exact) mass is 342 g/mol. The smallest absolute Gasteiger partial charge is 0.318 e. The quantitative estimate of drug-likeness (QED) is 0.837. The number of carbonyl (C=O) groups is 1. The number of nitrogens with one attached hydrogen (secondary N) is 2. The number of aryl methyl sites for hydroxylation is 1. The van der Waals surface area contributed by atoms with E-state index in [0.717, 1.165) is 44.5 Å². The molecule has 3 heterocycles. The summed E-state index contributed by atoms with van der Waals surface area (Å²) < 4.78 is 1.91. The van der Waals surface area contributed by atoms with Gasteiger partial charge >= 0.3 is 6.03 Å². The van der Waals surface area contributed by atoms with Crippen LogP contribution >= 0.6 is 0 Å². The highest BCUT2D eigenvalue weighted by Gasteiger charge is 2.29. The second-order valence-electron chi connectivity index (χ2n) is 7.06. The molecule has 0 radical (unpaired) electrons. The van der Waals surface area contributed by atoms with Crippen molar-refractivity contribution < 1.29 is 4.79 Å². The summed E-state index contributed by atoms with van der Waals surface area (Å²) in [6.07, 6.45) is 11.7. The first-order valence-electron chi connectivity index (χ1n) is 9.38. The van der Waals surface area contributed by atoms with Gasteiger partial charge in [0.2, 0.25) is 0 Å². The molecule has 25 heavy (non-hydrogen) atoms. The Morgan fingerprint density at radius 1 is 1.28 bits per heavy atom. The Morgan fingerprint density at radius 3 is 3.08 bits per heavy atom. The van der Waals surface area contributed by atoms with Crippen molar-refractivity contribution in [2.45, 2.75) is 64.1 Å². The van der Waals surface area contributed by atoms with Gasteiger partial charge in [0.05, 0.1) is 24.8 Å². The van der Waals surface area contributed by atoms with Crippen LogP contribution in [0.4, 0.5) is 4.79 Å². The number of rotatable bonds is 4. The van der Waals surface area contributed by atoms with Gasteiger partial charge in [0.1, 0.15) is 0 Å². The van der Waals surface area contributed by atoms with Crippen LogP contribution in [0.5, 0.6) is 0 Å². The zero-order chi connectivity index (χ0) is 17.1. The molecule has 2 aromatic rings. The van der Waals surface area contributed by atoms with Crippen LogP contribution in [0.25, 0.3) is 0 Å². The first-order valence-corrected chi connectivity index (χ1v) is 9.38. The lowest BCUT2D eigenvalue weighted by molar-refractivity contribution is 0.185. The molecule has 1 saturated heterocycles. The van der Waals surface area contributed by atoms with Crippen molar-refractivity contribution in [2.24, 2.45) is 0 Å². The van der Waals surface area contributed by atoms with Gasteiger partial charge in [-0.05, 0) is 50.2 Å². The Morgan fingerprint density at radius 2 is 2.20 bits per heavy atom. The fourth-order valence-electron chi connectivity index (χ4n) is 4.05. The fourth-order valence-corrected chi connectivity index (χ4v) is 4.05. The van der Waals surface area contributed by atoms with E-state index in [-0.39, 0.29) is 12.1 Å². The van der Waals surface area contributed by atoms with Crippen LogP contribution in [0.2, 0.25) is 0 Å². The number of urea groups is 1. The van der Waals surface area contributed by atoms with Crippen LogP contribution in [0.15, 0.2) is 18.5 Å². The molecular formula is C18H26N6O. The summed E-state index contributed by atoms with van der Waals surface area (Å²) in [7, 11) is 0. The number of likely N-dealkylation sites (tertiary alicyclic amines) is 1. The molecule has 2 aromatic heterocycles. The molecule has 1 aliphatic heterocycles. The van der Waals surface area contributed by atoms with Crippen LogP contribution in [0, 0.1) is 0 Å². The normalized spacial score (nSPS) is 20.3. The number of hydrogen-bond donors (Lipinski definition) is 2. The average Bonchev–Trinajstić information content (AvgIpc) is 3.33. The van der Waals surface area contributed by atoms with E-state index in [2.05, 4.69) is 20.6 Å². The van der Waals surface area contributed by atoms with E-state index in [1.807, 2.05) is 21.8 Å². The molecule has 7 heteroatoms. The van der Waals surface area contributed by atoms with Gasteiger partial charge in [-0.1, -0.05) is 6.42 Å². The van der Waals surface area contributed by atoms with E-state index < -0.39 is 0 Å². The summed E-state index contributed by atoms with van der Waals surface area (Å²) in [4.78, 5) is 14.6. The van der Waals surface area contributed by atoms with Crippen LogP contribution in [0.1, 0.15) is 49.1 Å². The number of fused-ring (bicyclic) bond motifs is 1. The molecule has 2 N–H and O–H groups in total. The highest BCUT2D eigenvalue weighted by Crippen LogP contribution is 2.22. The summed E-state index contributed by atoms with van der Waals surface area (Å²) in [6.45, 7) is 2.09. The maximum absolute atomic E-state index is 12.7. The lowest BCUT2D eigenvalue weighted by atomic mass is 10.1. The third kappa shape index (κ3) is 3.55. The molecule has 0 spiro atoms. The highest BCUT2D eigenvalue weighted by atomic mass is 16.2. The summed E-state index contributed by atoms with van der Waals surface area (Å²) >= 11 is 0. The molecule has 134 valence electrons. The SMILES string of the molecule is O=C(NCc1n[nH]c2c1CCCCC2)N1CCCC1Cn1cccn1. The van der Waals surface area contributed by atoms with Gasteiger partial charge in [0.15, 0.2) is 0 Å². The molecule has 7 nitrogen and oxygen atoms in total. The summed E-state index contributed by atoms with van der Waals surface area (Å²) in [6, 6.07) is 2.15. The van der Waals surface area contributed by atoms with Crippen molar-refractivity contribution in [1.82, 2.24) is 30.2 Å². The summed E-state index contributed by atoms with van der Waals surface area (Å²) in [5.41, 5.74) is 3.60. The number of amides is 2. The van der Waals surface area contributed by atoms with Gasteiger partial charge in [-0.25, -0.2) is 4.79 Å². The van der Waals surface area contributed by atoms with Crippen LogP contribution in [-0.2, 0) is 25.9 Å². The van der Waals surface area contributed by atoms with E-state index in [1.54, 1.807) is 6.20 Å². The zero-order valence-corrected chi connectivity index (χ0v) is 14.6. The Balaban J connectivity index is 1.36. The van der Waals surface area contributed by atoms with Crippen LogP contribution < -0.4 is 5.32 Å². The summed E-state index contributed by atoms with van der Waals surface area (Å²) in [5.74, 6) is 0. The Labute approximate surface area is 147 Å².